The molecule has 1 amide bonds. The highest BCUT2D eigenvalue weighted by molar-refractivity contribution is 8.04. The van der Waals surface area contributed by atoms with Crippen LogP contribution in [0, 0.1) is 0 Å². The van der Waals surface area contributed by atoms with Gasteiger partial charge in [-0.1, -0.05) is 42.1 Å². The minimum absolute atomic E-state index is 0.0291. The van der Waals surface area contributed by atoms with E-state index in [0.717, 1.165) is 17.3 Å². The van der Waals surface area contributed by atoms with E-state index in [2.05, 4.69) is 10.6 Å². The number of carboxylic acids is 2. The molecule has 2 rings (SSSR count). The van der Waals surface area contributed by atoms with Crippen molar-refractivity contribution in [1.82, 2.24) is 10.6 Å². The van der Waals surface area contributed by atoms with Crippen molar-refractivity contribution in [2.24, 2.45) is 0 Å². The summed E-state index contributed by atoms with van der Waals surface area (Å²) >= 11 is 1.08. The Morgan fingerprint density at radius 3 is 2.33 bits per heavy atom. The van der Waals surface area contributed by atoms with E-state index in [-0.39, 0.29) is 17.1 Å². The van der Waals surface area contributed by atoms with Gasteiger partial charge in [-0.15, -0.1) is 0 Å². The molecule has 8 heteroatoms. The first-order valence-electron chi connectivity index (χ1n) is 7.20. The maximum absolute atomic E-state index is 12.1. The minimum Gasteiger partial charge on any atom is -0.480 e. The highest BCUT2D eigenvalue weighted by atomic mass is 32.2. The number of nitrogens with one attached hydrogen (secondary N) is 2. The van der Waals surface area contributed by atoms with E-state index < -0.39 is 28.6 Å². The third-order valence-electron chi connectivity index (χ3n) is 3.50. The van der Waals surface area contributed by atoms with Gasteiger partial charge in [-0.3, -0.25) is 4.79 Å². The van der Waals surface area contributed by atoms with E-state index >= 15 is 0 Å². The van der Waals surface area contributed by atoms with Crippen molar-refractivity contribution in [3.05, 3.63) is 46.6 Å². The third-order valence-corrected chi connectivity index (χ3v) is 4.78. The molecule has 7 nitrogen and oxygen atoms in total. The van der Waals surface area contributed by atoms with Crippen molar-refractivity contribution >= 4 is 29.6 Å². The van der Waals surface area contributed by atoms with Gasteiger partial charge in [0.1, 0.15) is 11.1 Å². The summed E-state index contributed by atoms with van der Waals surface area (Å²) in [6.07, 6.45) is 0.0291. The molecule has 1 aromatic carbocycles. The van der Waals surface area contributed by atoms with Crippen LogP contribution >= 0.6 is 11.8 Å². The summed E-state index contributed by atoms with van der Waals surface area (Å²) in [7, 11) is 0. The number of hydrogen-bond acceptors (Lipinski definition) is 5. The van der Waals surface area contributed by atoms with Crippen molar-refractivity contribution < 1.29 is 24.6 Å². The molecule has 0 radical (unpaired) electrons. The summed E-state index contributed by atoms with van der Waals surface area (Å²) in [5.74, 6) is -2.89. The van der Waals surface area contributed by atoms with Crippen LogP contribution in [-0.4, -0.2) is 38.8 Å². The number of benzene rings is 1. The molecule has 1 atom stereocenters. The van der Waals surface area contributed by atoms with Crippen LogP contribution in [-0.2, 0) is 20.8 Å². The van der Waals surface area contributed by atoms with Crippen molar-refractivity contribution in [2.75, 3.05) is 0 Å². The molecule has 0 bridgehead atoms. The lowest BCUT2D eigenvalue weighted by Crippen LogP contribution is -2.43. The number of amides is 1. The highest BCUT2D eigenvalue weighted by Crippen LogP contribution is 2.41. The van der Waals surface area contributed by atoms with Gasteiger partial charge < -0.3 is 20.8 Å². The van der Waals surface area contributed by atoms with Gasteiger partial charge >= 0.3 is 11.9 Å². The zero-order valence-electron chi connectivity index (χ0n) is 13.2. The summed E-state index contributed by atoms with van der Waals surface area (Å²) in [5.41, 5.74) is 0.415. The molecule has 0 unspecified atom stereocenters. The normalized spacial score (nSPS) is 20.8. The summed E-state index contributed by atoms with van der Waals surface area (Å²) in [4.78, 5) is 34.9. The molecule has 1 saturated heterocycles. The van der Waals surface area contributed by atoms with E-state index in [1.807, 2.05) is 6.07 Å². The molecule has 0 aliphatic carbocycles. The molecule has 1 aliphatic rings. The molecule has 1 fully saturated rings. The minimum atomic E-state index is -1.33. The fourth-order valence-corrected chi connectivity index (χ4v) is 3.53. The number of thioether (sulfide) groups is 1. The lowest BCUT2D eigenvalue weighted by atomic mass is 10.0. The van der Waals surface area contributed by atoms with E-state index in [1.54, 1.807) is 38.1 Å². The molecule has 128 valence electrons. The van der Waals surface area contributed by atoms with E-state index in [0.29, 0.717) is 0 Å². The second kappa shape index (κ2) is 6.96. The van der Waals surface area contributed by atoms with E-state index in [9.17, 15) is 24.6 Å². The second-order valence-corrected chi connectivity index (χ2v) is 7.51. The molecule has 1 aliphatic heterocycles. The van der Waals surface area contributed by atoms with Crippen LogP contribution in [0.5, 0.6) is 0 Å². The molecule has 4 N–H and O–H groups in total. The Labute approximate surface area is 143 Å². The first kappa shape index (κ1) is 17.9. The molecule has 0 spiro atoms. The quantitative estimate of drug-likeness (QED) is 0.589. The fourth-order valence-electron chi connectivity index (χ4n) is 2.31. The molecule has 0 aromatic heterocycles. The topological polar surface area (TPSA) is 116 Å². The Kier molecular flexibility index (Phi) is 5.18. The summed E-state index contributed by atoms with van der Waals surface area (Å²) in [6.45, 7) is 3.39. The van der Waals surface area contributed by atoms with Crippen LogP contribution in [0.4, 0.5) is 0 Å². The number of carbonyl (C=O) groups is 3. The average molecular weight is 350 g/mol. The Bertz CT molecular complexity index is 700. The van der Waals surface area contributed by atoms with Crippen LogP contribution in [0.15, 0.2) is 41.1 Å². The maximum Gasteiger partial charge on any atom is 0.355 e. The van der Waals surface area contributed by atoms with Crippen LogP contribution < -0.4 is 10.6 Å². The summed E-state index contributed by atoms with van der Waals surface area (Å²) in [6, 6.07) is 7.97. The van der Waals surface area contributed by atoms with Gasteiger partial charge in [0.2, 0.25) is 5.91 Å². The van der Waals surface area contributed by atoms with Crippen LogP contribution in [0.25, 0.3) is 0 Å². The number of aliphatic carboxylic acids is 2. The Morgan fingerprint density at radius 1 is 1.21 bits per heavy atom. The van der Waals surface area contributed by atoms with Gasteiger partial charge in [-0.05, 0) is 19.4 Å². The molecule has 1 aromatic rings. The number of hydrogen-bond donors (Lipinski definition) is 4. The van der Waals surface area contributed by atoms with E-state index in [4.69, 9.17) is 0 Å². The first-order valence-corrected chi connectivity index (χ1v) is 8.02. The van der Waals surface area contributed by atoms with Gasteiger partial charge in [-0.2, -0.15) is 0 Å². The summed E-state index contributed by atoms with van der Waals surface area (Å²) in [5, 5.41) is 23.8. The maximum atomic E-state index is 12.1. The fraction of sp³-hybridized carbons (Fsp3) is 0.312. The first-order chi connectivity index (χ1) is 11.2. The van der Waals surface area contributed by atoms with Crippen LogP contribution in [0.3, 0.4) is 0 Å². The standard InChI is InChI=1S/C16H18N2O5S/c1-16(2)12(15(22)23)18-13(24-16)11(14(20)21)17-10(19)8-9-6-4-3-5-7-9/h3-7,12,18H,8H2,1-2H3,(H,17,19)(H,20,21)(H,22,23)/b13-11-/t12-/m0/s1. The molecular weight excluding hydrogens is 332 g/mol. The molecule has 1 heterocycles. The zero-order chi connectivity index (χ0) is 17.9. The lowest BCUT2D eigenvalue weighted by Gasteiger charge is -2.19. The van der Waals surface area contributed by atoms with E-state index in [1.165, 1.54) is 0 Å². The predicted octanol–water partition coefficient (Wildman–Crippen LogP) is 1.17. The van der Waals surface area contributed by atoms with Crippen molar-refractivity contribution in [1.29, 1.82) is 0 Å². The Balaban J connectivity index is 2.19. The Morgan fingerprint density at radius 2 is 1.83 bits per heavy atom. The number of rotatable bonds is 5. The van der Waals surface area contributed by atoms with Crippen LogP contribution in [0.1, 0.15) is 19.4 Å². The number of carboxylic acid groups (broad SMARTS) is 2. The van der Waals surface area contributed by atoms with Gasteiger partial charge in [0.15, 0.2) is 5.70 Å². The largest absolute Gasteiger partial charge is 0.480 e. The molecule has 0 saturated carbocycles. The van der Waals surface area contributed by atoms with Crippen molar-refractivity contribution in [3.63, 3.8) is 0 Å². The second-order valence-electron chi connectivity index (χ2n) is 5.84. The zero-order valence-corrected chi connectivity index (χ0v) is 14.0. The third kappa shape index (κ3) is 4.08. The van der Waals surface area contributed by atoms with Gasteiger partial charge in [0, 0.05) is 4.75 Å². The lowest BCUT2D eigenvalue weighted by molar-refractivity contribution is -0.140. The van der Waals surface area contributed by atoms with Gasteiger partial charge in [0.25, 0.3) is 0 Å². The predicted molar refractivity (Wildman–Crippen MR) is 89.2 cm³/mol. The number of carbonyl (C=O) groups excluding carboxylic acids is 1. The monoisotopic (exact) mass is 350 g/mol. The van der Waals surface area contributed by atoms with Crippen molar-refractivity contribution in [2.45, 2.75) is 31.1 Å². The highest BCUT2D eigenvalue weighted by Gasteiger charge is 2.44. The summed E-state index contributed by atoms with van der Waals surface area (Å²) < 4.78 is -0.744. The van der Waals surface area contributed by atoms with Crippen molar-refractivity contribution in [3.8, 4) is 0 Å². The van der Waals surface area contributed by atoms with Gasteiger partial charge in [-0.25, -0.2) is 9.59 Å². The van der Waals surface area contributed by atoms with Crippen LogP contribution in [0.2, 0.25) is 0 Å². The Hall–Kier alpha value is -2.48. The molecular formula is C16H18N2O5S. The van der Waals surface area contributed by atoms with Gasteiger partial charge in [0.05, 0.1) is 6.42 Å². The molecule has 24 heavy (non-hydrogen) atoms. The average Bonchev–Trinajstić information content (AvgIpc) is 2.81. The SMILES string of the molecule is CC1(C)S/C(=C(\NC(=O)Cc2ccccc2)C(=O)O)N[C@H]1C(=O)O. The smallest absolute Gasteiger partial charge is 0.355 e.